The zero-order valence-electron chi connectivity index (χ0n) is 22.9. The number of hydrogen-bond donors (Lipinski definition) is 0. The van der Waals surface area contributed by atoms with E-state index in [2.05, 4.69) is 127 Å². The summed E-state index contributed by atoms with van der Waals surface area (Å²) in [5.74, 6) is -0.838. The molecule has 3 aromatic carbocycles. The maximum absolute atomic E-state index is 2.66. The average Bonchev–Trinajstić information content (AvgIpc) is 3.32. The van der Waals surface area contributed by atoms with Gasteiger partial charge in [0.05, 0.1) is 0 Å². The van der Waals surface area contributed by atoms with Crippen molar-refractivity contribution in [2.75, 3.05) is 0 Å². The third kappa shape index (κ3) is 5.18. The van der Waals surface area contributed by atoms with Crippen LogP contribution in [0.4, 0.5) is 0 Å². The molecule has 0 saturated heterocycles. The number of hydrogen-bond acceptors (Lipinski definition) is 0. The second-order valence-corrected chi connectivity index (χ2v) is 32.8. The minimum atomic E-state index is -2.00. The normalized spacial score (nSPS) is 16.2. The van der Waals surface area contributed by atoms with Gasteiger partial charge in [0.25, 0.3) is 0 Å². The molecule has 1 atom stereocenters. The van der Waals surface area contributed by atoms with Crippen LogP contribution in [0.25, 0.3) is 17.2 Å². The van der Waals surface area contributed by atoms with Crippen LogP contribution in [0.5, 0.6) is 0 Å². The molecule has 0 radical (unpaired) electrons. The maximum Gasteiger partial charge on any atom is -1.00 e. The van der Waals surface area contributed by atoms with Crippen molar-refractivity contribution in [1.82, 2.24) is 0 Å². The smallest absolute Gasteiger partial charge is 1.00 e. The van der Waals surface area contributed by atoms with Crippen LogP contribution < -0.4 is 24.8 Å². The fraction of sp³-hybridized carbons (Fsp3) is 0.375. The molecule has 2 aliphatic rings. The van der Waals surface area contributed by atoms with E-state index >= 15 is 0 Å². The van der Waals surface area contributed by atoms with E-state index in [-0.39, 0.29) is 35.6 Å². The Balaban J connectivity index is 0.00000180. The molecule has 0 amide bonds. The molecule has 189 valence electrons. The standard InChI is InChI=1S/C21H25.C9H7.C2H7Si.2ClH.Zr/c1-20(2,3)16-7-9-18-14(12-16)11-15-13-17(21(4,5)6)8-10-19(15)18;1-2-5-9-7-3-6-8(9)4-1;1-3-2;;;/h7-13H,1-6H3;1-7H;3H,1-2H3;2*1H;/q;;;;;+2/p-2. The Kier molecular flexibility index (Phi) is 8.79. The van der Waals surface area contributed by atoms with Crippen LogP contribution in [0.15, 0.2) is 66.7 Å². The second-order valence-electron chi connectivity index (χ2n) is 12.7. The predicted octanol–water partition coefficient (Wildman–Crippen LogP) is 2.73. The number of benzene rings is 3. The monoisotopic (exact) mass is 611 g/mol. The molecule has 0 fully saturated rings. The number of allylic oxidation sites excluding steroid dienone is 1. The predicted molar refractivity (Wildman–Crippen MR) is 148 cm³/mol. The molecule has 1 unspecified atom stereocenters. The molecule has 4 heteroatoms. The van der Waals surface area contributed by atoms with E-state index in [0.717, 1.165) is 0 Å². The average molecular weight is 614 g/mol. The molecule has 0 aromatic heterocycles. The first-order chi connectivity index (χ1) is 16.0. The topological polar surface area (TPSA) is 0 Å². The third-order valence-corrected chi connectivity index (χ3v) is 29.3. The van der Waals surface area contributed by atoms with E-state index < -0.39 is 26.8 Å². The van der Waals surface area contributed by atoms with Crippen LogP contribution in [-0.2, 0) is 31.7 Å². The summed E-state index contributed by atoms with van der Waals surface area (Å²) in [6.45, 7) is 19.5. The van der Waals surface area contributed by atoms with Gasteiger partial charge in [0.2, 0.25) is 0 Å². The fourth-order valence-electron chi connectivity index (χ4n) is 5.97. The van der Waals surface area contributed by atoms with E-state index in [0.29, 0.717) is 7.25 Å². The van der Waals surface area contributed by atoms with Crippen molar-refractivity contribution < 1.29 is 45.7 Å². The second kappa shape index (κ2) is 10.7. The Bertz CT molecular complexity index is 1220. The zero-order chi connectivity index (χ0) is 24.4. The van der Waals surface area contributed by atoms with Gasteiger partial charge in [0.15, 0.2) is 0 Å². The molecule has 0 heterocycles. The fourth-order valence-corrected chi connectivity index (χ4v) is 27.5. The summed E-state index contributed by atoms with van der Waals surface area (Å²) in [7, 11) is 0. The van der Waals surface area contributed by atoms with Crippen LogP contribution in [-0.4, -0.2) is 5.92 Å². The summed E-state index contributed by atoms with van der Waals surface area (Å²) in [6.07, 6.45) is 5.02. The number of halogens is 2. The van der Waals surface area contributed by atoms with Gasteiger partial charge in [-0.3, -0.25) is 0 Å². The molecular formula is C32H39Cl2SiZr. The van der Waals surface area contributed by atoms with Crippen molar-refractivity contribution in [3.63, 3.8) is 0 Å². The molecular weight excluding hydrogens is 575 g/mol. The number of fused-ring (bicyclic) bond motifs is 4. The first-order valence-corrected chi connectivity index (χ1v) is 22.9. The summed E-state index contributed by atoms with van der Waals surface area (Å²) in [4.78, 5) is 0. The van der Waals surface area contributed by atoms with Gasteiger partial charge < -0.3 is 24.8 Å². The van der Waals surface area contributed by atoms with E-state index in [4.69, 9.17) is 0 Å². The van der Waals surface area contributed by atoms with Crippen LogP contribution in [0.1, 0.15) is 82.2 Å². The molecule has 36 heavy (non-hydrogen) atoms. The Morgan fingerprint density at radius 2 is 1.17 bits per heavy atom. The SMILES string of the molecule is C[SiH](C)[Zr+2]([CH]1C=Cc2ccccc21)[CH]1c2cc(C(C)(C)C)ccc2-c2ccc(C(C)(C)C)cc21.[Cl-].[Cl-]. The zero-order valence-corrected chi connectivity index (χ0v) is 28.0. The van der Waals surface area contributed by atoms with Crippen molar-refractivity contribution in [3.8, 4) is 11.1 Å². The van der Waals surface area contributed by atoms with Gasteiger partial charge in [0, 0.05) is 0 Å². The van der Waals surface area contributed by atoms with Gasteiger partial charge in [-0.25, -0.2) is 0 Å². The van der Waals surface area contributed by atoms with Crippen LogP contribution in [0.3, 0.4) is 0 Å². The maximum atomic E-state index is 2.66. The van der Waals surface area contributed by atoms with Crippen molar-refractivity contribution in [1.29, 1.82) is 0 Å². The Labute approximate surface area is 240 Å². The van der Waals surface area contributed by atoms with Crippen LogP contribution in [0.2, 0.25) is 13.1 Å². The first kappa shape index (κ1) is 29.6. The van der Waals surface area contributed by atoms with Gasteiger partial charge in [-0.05, 0) is 0 Å². The van der Waals surface area contributed by atoms with Crippen molar-refractivity contribution in [3.05, 3.63) is 100 Å². The summed E-state index contributed by atoms with van der Waals surface area (Å²) in [5, 5.41) is 0. The van der Waals surface area contributed by atoms with Gasteiger partial charge in [-0.15, -0.1) is 0 Å². The summed E-state index contributed by atoms with van der Waals surface area (Å²) >= 11 is -2.00. The molecule has 0 aliphatic heterocycles. The van der Waals surface area contributed by atoms with Crippen LogP contribution >= 0.6 is 0 Å². The van der Waals surface area contributed by atoms with Gasteiger partial charge in [-0.1, -0.05) is 0 Å². The molecule has 0 nitrogen and oxygen atoms in total. The molecule has 0 saturated carbocycles. The van der Waals surface area contributed by atoms with E-state index in [1.54, 1.807) is 16.7 Å². The summed E-state index contributed by atoms with van der Waals surface area (Å²) in [5.41, 5.74) is 12.7. The minimum absolute atomic E-state index is 0. The quantitative estimate of drug-likeness (QED) is 0.399. The minimum Gasteiger partial charge on any atom is -1.00 e. The molecule has 0 spiro atoms. The Hall–Kier alpha value is -0.920. The summed E-state index contributed by atoms with van der Waals surface area (Å²) in [6, 6.07) is 24.1. The van der Waals surface area contributed by atoms with Crippen molar-refractivity contribution >= 4 is 12.0 Å². The summed E-state index contributed by atoms with van der Waals surface area (Å²) < 4.78 is 1.36. The van der Waals surface area contributed by atoms with E-state index in [9.17, 15) is 0 Å². The van der Waals surface area contributed by atoms with E-state index in [1.165, 1.54) is 27.8 Å². The molecule has 5 rings (SSSR count). The van der Waals surface area contributed by atoms with Crippen molar-refractivity contribution in [2.24, 2.45) is 0 Å². The molecule has 0 N–H and O–H groups in total. The molecule has 3 aromatic rings. The van der Waals surface area contributed by atoms with Crippen LogP contribution in [0, 0.1) is 0 Å². The van der Waals surface area contributed by atoms with E-state index in [1.807, 2.05) is 0 Å². The number of rotatable bonds is 3. The van der Waals surface area contributed by atoms with Crippen molar-refractivity contribution in [2.45, 2.75) is 72.7 Å². The Morgan fingerprint density at radius 3 is 1.64 bits per heavy atom. The van der Waals surface area contributed by atoms with Gasteiger partial charge >= 0.3 is 217 Å². The van der Waals surface area contributed by atoms with Gasteiger partial charge in [0.1, 0.15) is 0 Å². The molecule has 0 bridgehead atoms. The Morgan fingerprint density at radius 1 is 0.667 bits per heavy atom. The van der Waals surface area contributed by atoms with Gasteiger partial charge in [-0.2, -0.15) is 0 Å². The molecule has 2 aliphatic carbocycles. The largest absolute Gasteiger partial charge is 1.00 e. The first-order valence-electron chi connectivity index (χ1n) is 12.9. The third-order valence-electron chi connectivity index (χ3n) is 7.91.